The molecule has 1 aliphatic rings. The number of hydrogen-bond donors (Lipinski definition) is 1. The van der Waals surface area contributed by atoms with E-state index in [0.717, 1.165) is 24.1 Å². The van der Waals surface area contributed by atoms with Crippen molar-refractivity contribution in [2.24, 2.45) is 5.41 Å². The van der Waals surface area contributed by atoms with Gasteiger partial charge >= 0.3 is 11.9 Å². The van der Waals surface area contributed by atoms with Crippen LogP contribution in [0.1, 0.15) is 46.1 Å². The van der Waals surface area contributed by atoms with Crippen molar-refractivity contribution in [1.82, 2.24) is 5.06 Å². The first-order valence-corrected chi connectivity index (χ1v) is 9.95. The van der Waals surface area contributed by atoms with Gasteiger partial charge in [0.1, 0.15) is 0 Å². The molecule has 1 saturated heterocycles. The van der Waals surface area contributed by atoms with Crippen LogP contribution in [0.4, 0.5) is 5.69 Å². The van der Waals surface area contributed by atoms with E-state index in [0.29, 0.717) is 24.7 Å². The zero-order chi connectivity index (χ0) is 20.7. The van der Waals surface area contributed by atoms with Crippen LogP contribution in [0.2, 0.25) is 5.02 Å². The van der Waals surface area contributed by atoms with Crippen molar-refractivity contribution in [2.45, 2.75) is 46.6 Å². The molecule has 0 radical (unpaired) electrons. The van der Waals surface area contributed by atoms with Gasteiger partial charge in [0.05, 0.1) is 12.0 Å². The van der Waals surface area contributed by atoms with Crippen LogP contribution < -0.4 is 5.32 Å². The number of piperidine rings is 1. The maximum Gasteiger partial charge on any atom is 0.330 e. The summed E-state index contributed by atoms with van der Waals surface area (Å²) in [5, 5.41) is 5.83. The molecule has 7 heteroatoms. The lowest BCUT2D eigenvalue weighted by molar-refractivity contribution is -0.204. The Kier molecular flexibility index (Phi) is 7.89. The third kappa shape index (κ3) is 6.84. The minimum Gasteiger partial charge on any atom is -0.463 e. The molecule has 0 amide bonds. The van der Waals surface area contributed by atoms with E-state index < -0.39 is 5.41 Å². The summed E-state index contributed by atoms with van der Waals surface area (Å²) in [5.41, 5.74) is 1.20. The average molecular weight is 409 g/mol. The Morgan fingerprint density at radius 2 is 1.96 bits per heavy atom. The molecule has 0 saturated carbocycles. The van der Waals surface area contributed by atoms with Crippen LogP contribution in [-0.2, 0) is 19.2 Å². The highest BCUT2D eigenvalue weighted by Gasteiger charge is 2.28. The van der Waals surface area contributed by atoms with Gasteiger partial charge in [-0.15, -0.1) is 5.06 Å². The predicted octanol–water partition coefficient (Wildman–Crippen LogP) is 4.30. The molecule has 0 atom stereocenters. The predicted molar refractivity (Wildman–Crippen MR) is 111 cm³/mol. The molecular weight excluding hydrogens is 380 g/mol. The highest BCUT2D eigenvalue weighted by molar-refractivity contribution is 6.30. The lowest BCUT2D eigenvalue weighted by Crippen LogP contribution is -2.42. The Morgan fingerprint density at radius 3 is 2.57 bits per heavy atom. The smallest absolute Gasteiger partial charge is 0.330 e. The first kappa shape index (κ1) is 22.2. The van der Waals surface area contributed by atoms with E-state index in [-0.39, 0.29) is 18.0 Å². The van der Waals surface area contributed by atoms with Gasteiger partial charge in [0.25, 0.3) is 0 Å². The van der Waals surface area contributed by atoms with E-state index in [1.807, 2.05) is 32.9 Å². The molecule has 154 valence electrons. The van der Waals surface area contributed by atoms with E-state index >= 15 is 0 Å². The van der Waals surface area contributed by atoms with Crippen LogP contribution in [0.15, 0.2) is 24.3 Å². The first-order valence-electron chi connectivity index (χ1n) is 9.57. The summed E-state index contributed by atoms with van der Waals surface area (Å²) in [6, 6.07) is 5.76. The number of hydrogen-bond acceptors (Lipinski definition) is 6. The third-order valence-electron chi connectivity index (χ3n) is 4.34. The molecule has 0 unspecified atom stereocenters. The SMILES string of the molecule is CCOC(=O)C=Cc1cc(Cl)ccc1NC1CCN(OC(=O)C(C)(C)C)CC1. The Morgan fingerprint density at radius 1 is 1.29 bits per heavy atom. The number of nitrogens with one attached hydrogen (secondary N) is 1. The zero-order valence-corrected chi connectivity index (χ0v) is 17.7. The Hall–Kier alpha value is -2.05. The zero-order valence-electron chi connectivity index (χ0n) is 17.0. The monoisotopic (exact) mass is 408 g/mol. The minimum atomic E-state index is -0.515. The summed E-state index contributed by atoms with van der Waals surface area (Å²) in [6.45, 7) is 8.97. The van der Waals surface area contributed by atoms with Gasteiger partial charge in [-0.1, -0.05) is 11.6 Å². The summed E-state index contributed by atoms with van der Waals surface area (Å²) in [5.74, 6) is -0.606. The minimum absolute atomic E-state index is 0.219. The standard InChI is InChI=1S/C21H29ClN2O4/c1-5-27-19(25)9-6-15-14-16(22)7-8-18(15)23-17-10-12-24(13-11-17)28-20(26)21(2,3)4/h6-9,14,17,23H,5,10-13H2,1-4H3. The van der Waals surface area contributed by atoms with Gasteiger partial charge in [0.15, 0.2) is 0 Å². The lowest BCUT2D eigenvalue weighted by atomic mass is 9.98. The molecule has 1 fully saturated rings. The normalized spacial score (nSPS) is 16.2. The fourth-order valence-corrected chi connectivity index (χ4v) is 2.90. The van der Waals surface area contributed by atoms with E-state index in [1.54, 1.807) is 24.1 Å². The number of anilines is 1. The number of carbonyl (C=O) groups excluding carboxylic acids is 2. The molecule has 1 heterocycles. The number of hydroxylamine groups is 2. The van der Waals surface area contributed by atoms with E-state index in [4.69, 9.17) is 21.2 Å². The molecule has 2 rings (SSSR count). The van der Waals surface area contributed by atoms with Gasteiger partial charge in [-0.25, -0.2) is 9.59 Å². The fraction of sp³-hybridized carbons (Fsp3) is 0.524. The summed E-state index contributed by atoms with van der Waals surface area (Å²) < 4.78 is 4.92. The molecule has 0 aliphatic carbocycles. The summed E-state index contributed by atoms with van der Waals surface area (Å²) in [4.78, 5) is 29.1. The number of carbonyl (C=O) groups is 2. The molecule has 6 nitrogen and oxygen atoms in total. The van der Waals surface area contributed by atoms with Crippen molar-refractivity contribution in [1.29, 1.82) is 0 Å². The third-order valence-corrected chi connectivity index (χ3v) is 4.57. The number of halogens is 1. The van der Waals surface area contributed by atoms with Crippen molar-refractivity contribution in [2.75, 3.05) is 25.0 Å². The van der Waals surface area contributed by atoms with Crippen LogP contribution >= 0.6 is 11.6 Å². The van der Waals surface area contributed by atoms with Crippen molar-refractivity contribution >= 4 is 35.3 Å². The van der Waals surface area contributed by atoms with Crippen LogP contribution in [0.3, 0.4) is 0 Å². The van der Waals surface area contributed by atoms with Gasteiger partial charge in [-0.2, -0.15) is 0 Å². The average Bonchev–Trinajstić information content (AvgIpc) is 2.63. The summed E-state index contributed by atoms with van der Waals surface area (Å²) in [6.07, 6.45) is 4.77. The lowest BCUT2D eigenvalue weighted by Gasteiger charge is -2.33. The Bertz CT molecular complexity index is 720. The molecule has 1 aliphatic heterocycles. The van der Waals surface area contributed by atoms with E-state index in [1.165, 1.54) is 6.08 Å². The van der Waals surface area contributed by atoms with Gasteiger partial charge in [0, 0.05) is 35.9 Å². The van der Waals surface area contributed by atoms with Crippen LogP contribution in [0.25, 0.3) is 6.08 Å². The molecule has 0 aromatic heterocycles. The van der Waals surface area contributed by atoms with Gasteiger partial charge in [-0.05, 0) is 70.4 Å². The molecule has 28 heavy (non-hydrogen) atoms. The van der Waals surface area contributed by atoms with Crippen LogP contribution in [-0.4, -0.2) is 42.7 Å². The number of ether oxygens (including phenoxy) is 1. The quantitative estimate of drug-likeness (QED) is 0.559. The van der Waals surface area contributed by atoms with Crippen molar-refractivity contribution in [3.8, 4) is 0 Å². The molecule has 0 bridgehead atoms. The van der Waals surface area contributed by atoms with Crippen molar-refractivity contribution < 1.29 is 19.2 Å². The first-order chi connectivity index (χ1) is 13.2. The largest absolute Gasteiger partial charge is 0.463 e. The van der Waals surface area contributed by atoms with Gasteiger partial charge < -0.3 is 14.9 Å². The second kappa shape index (κ2) is 9.94. The number of esters is 1. The highest BCUT2D eigenvalue weighted by atomic mass is 35.5. The second-order valence-corrected chi connectivity index (χ2v) is 8.23. The second-order valence-electron chi connectivity index (χ2n) is 7.79. The van der Waals surface area contributed by atoms with E-state index in [2.05, 4.69) is 5.32 Å². The van der Waals surface area contributed by atoms with Gasteiger partial charge in [0.2, 0.25) is 0 Å². The molecule has 1 aromatic carbocycles. The topological polar surface area (TPSA) is 67.9 Å². The molecule has 1 aromatic rings. The maximum absolute atomic E-state index is 12.0. The number of benzene rings is 1. The van der Waals surface area contributed by atoms with E-state index in [9.17, 15) is 9.59 Å². The van der Waals surface area contributed by atoms with Crippen LogP contribution in [0, 0.1) is 5.41 Å². The highest BCUT2D eigenvalue weighted by Crippen LogP contribution is 2.25. The maximum atomic E-state index is 12.0. The fourth-order valence-electron chi connectivity index (χ4n) is 2.72. The molecule has 1 N–H and O–H groups in total. The van der Waals surface area contributed by atoms with Crippen molar-refractivity contribution in [3.63, 3.8) is 0 Å². The van der Waals surface area contributed by atoms with Gasteiger partial charge in [-0.3, -0.25) is 0 Å². The summed E-state index contributed by atoms with van der Waals surface area (Å²) in [7, 11) is 0. The molecular formula is C21H29ClN2O4. The Balaban J connectivity index is 1.96. The Labute approximate surface area is 171 Å². The van der Waals surface area contributed by atoms with Crippen LogP contribution in [0.5, 0.6) is 0 Å². The van der Waals surface area contributed by atoms with Crippen molar-refractivity contribution in [3.05, 3.63) is 34.9 Å². The number of rotatable bonds is 6. The summed E-state index contributed by atoms with van der Waals surface area (Å²) >= 11 is 6.11. The number of nitrogens with zero attached hydrogens (tertiary/aromatic N) is 1. The molecule has 0 spiro atoms.